The van der Waals surface area contributed by atoms with Crippen LogP contribution in [0.1, 0.15) is 34.9 Å². The Morgan fingerprint density at radius 3 is 3.05 bits per heavy atom. The van der Waals surface area contributed by atoms with Crippen molar-refractivity contribution in [3.05, 3.63) is 39.8 Å². The molecule has 5 heteroatoms. The van der Waals surface area contributed by atoms with E-state index in [2.05, 4.69) is 28.6 Å². The van der Waals surface area contributed by atoms with E-state index >= 15 is 0 Å². The van der Waals surface area contributed by atoms with Crippen LogP contribution in [0.5, 0.6) is 0 Å². The molecule has 4 nitrogen and oxygen atoms in total. The van der Waals surface area contributed by atoms with E-state index in [-0.39, 0.29) is 0 Å². The molecule has 0 bridgehead atoms. The fraction of sp³-hybridized carbons (Fsp3) is 0.588. The summed E-state index contributed by atoms with van der Waals surface area (Å²) in [6.07, 6.45) is 4.87. The Kier molecular flexibility index (Phi) is 4.03. The Labute approximate surface area is 135 Å². The molecule has 1 aliphatic heterocycles. The molecule has 0 radical (unpaired) electrons. The fourth-order valence-corrected chi connectivity index (χ4v) is 4.01. The highest BCUT2D eigenvalue weighted by molar-refractivity contribution is 7.09. The van der Waals surface area contributed by atoms with Gasteiger partial charge in [-0.2, -0.15) is 5.10 Å². The molecule has 2 aliphatic rings. The van der Waals surface area contributed by atoms with Crippen molar-refractivity contribution < 1.29 is 4.74 Å². The van der Waals surface area contributed by atoms with Crippen LogP contribution in [0, 0.1) is 5.92 Å². The molecule has 2 aromatic heterocycles. The van der Waals surface area contributed by atoms with Gasteiger partial charge < -0.3 is 4.74 Å². The summed E-state index contributed by atoms with van der Waals surface area (Å²) in [5.41, 5.74) is 2.62. The molecule has 4 rings (SSSR count). The Morgan fingerprint density at radius 2 is 2.27 bits per heavy atom. The van der Waals surface area contributed by atoms with E-state index in [1.807, 2.05) is 23.1 Å². The van der Waals surface area contributed by atoms with Crippen molar-refractivity contribution in [2.45, 2.75) is 31.8 Å². The lowest BCUT2D eigenvalue weighted by Crippen LogP contribution is -2.34. The Morgan fingerprint density at radius 1 is 1.36 bits per heavy atom. The first-order valence-corrected chi connectivity index (χ1v) is 9.01. The lowest BCUT2D eigenvalue weighted by Gasteiger charge is -2.31. The van der Waals surface area contributed by atoms with Crippen LogP contribution < -0.4 is 0 Å². The topological polar surface area (TPSA) is 30.3 Å². The molecule has 118 valence electrons. The third-order valence-electron chi connectivity index (χ3n) is 4.53. The molecule has 0 unspecified atom stereocenters. The zero-order valence-electron chi connectivity index (χ0n) is 13.1. The van der Waals surface area contributed by atoms with E-state index in [0.29, 0.717) is 5.92 Å². The average Bonchev–Trinajstić information content (AvgIpc) is 3.02. The van der Waals surface area contributed by atoms with Gasteiger partial charge in [0, 0.05) is 55.8 Å². The Balaban J connectivity index is 1.45. The normalized spacial score (nSPS) is 22.0. The quantitative estimate of drug-likeness (QED) is 0.820. The van der Waals surface area contributed by atoms with Gasteiger partial charge in [0.2, 0.25) is 0 Å². The fourth-order valence-electron chi connectivity index (χ4n) is 3.26. The van der Waals surface area contributed by atoms with Gasteiger partial charge in [0.1, 0.15) is 0 Å². The lowest BCUT2D eigenvalue weighted by molar-refractivity contribution is 0.0883. The third kappa shape index (κ3) is 3.26. The van der Waals surface area contributed by atoms with Crippen LogP contribution in [0.25, 0.3) is 0 Å². The number of hydrogen-bond acceptors (Lipinski definition) is 4. The highest BCUT2D eigenvalue weighted by Crippen LogP contribution is 2.31. The number of rotatable bonds is 6. The molecule has 0 amide bonds. The second kappa shape index (κ2) is 6.14. The second-order valence-electron chi connectivity index (χ2n) is 6.64. The predicted octanol–water partition coefficient (Wildman–Crippen LogP) is 3.01. The lowest BCUT2D eigenvalue weighted by atomic mass is 9.97. The molecule has 0 spiro atoms. The van der Waals surface area contributed by atoms with Crippen molar-refractivity contribution in [2.24, 2.45) is 13.0 Å². The van der Waals surface area contributed by atoms with Crippen molar-refractivity contribution in [1.82, 2.24) is 14.7 Å². The van der Waals surface area contributed by atoms with E-state index in [1.165, 1.54) is 29.0 Å². The van der Waals surface area contributed by atoms with Gasteiger partial charge in [-0.05, 0) is 30.2 Å². The largest absolute Gasteiger partial charge is 0.380 e. The van der Waals surface area contributed by atoms with Gasteiger partial charge in [-0.15, -0.1) is 11.3 Å². The minimum absolute atomic E-state index is 0.406. The number of ether oxygens (including phenoxy) is 1. The van der Waals surface area contributed by atoms with E-state index in [1.54, 1.807) is 0 Å². The second-order valence-corrected chi connectivity index (χ2v) is 7.67. The minimum Gasteiger partial charge on any atom is -0.380 e. The van der Waals surface area contributed by atoms with E-state index in [9.17, 15) is 0 Å². The maximum atomic E-state index is 5.97. The molecule has 1 atom stereocenters. The number of hydrogen-bond donors (Lipinski definition) is 0. The van der Waals surface area contributed by atoms with Crippen molar-refractivity contribution in [3.8, 4) is 0 Å². The summed E-state index contributed by atoms with van der Waals surface area (Å²) >= 11 is 1.84. The molecule has 0 saturated heterocycles. The van der Waals surface area contributed by atoms with Gasteiger partial charge in [-0.3, -0.25) is 9.58 Å². The van der Waals surface area contributed by atoms with Crippen LogP contribution in [0.15, 0.2) is 23.7 Å². The molecular weight excluding hydrogens is 294 g/mol. The average molecular weight is 317 g/mol. The van der Waals surface area contributed by atoms with Gasteiger partial charge in [0.05, 0.1) is 12.3 Å². The van der Waals surface area contributed by atoms with Gasteiger partial charge in [-0.25, -0.2) is 0 Å². The molecule has 3 heterocycles. The van der Waals surface area contributed by atoms with Gasteiger partial charge in [0.25, 0.3) is 0 Å². The van der Waals surface area contributed by atoms with Crippen LogP contribution in [0.2, 0.25) is 0 Å². The van der Waals surface area contributed by atoms with Crippen molar-refractivity contribution >= 4 is 11.3 Å². The van der Waals surface area contributed by atoms with Crippen LogP contribution in [0.3, 0.4) is 0 Å². The summed E-state index contributed by atoms with van der Waals surface area (Å²) < 4.78 is 7.92. The highest BCUT2D eigenvalue weighted by atomic mass is 32.1. The molecule has 1 aliphatic carbocycles. The van der Waals surface area contributed by atoms with Crippen LogP contribution in [0.4, 0.5) is 0 Å². The van der Waals surface area contributed by atoms with Gasteiger partial charge >= 0.3 is 0 Å². The molecule has 1 fully saturated rings. The molecular formula is C17H23N3OS. The molecule has 22 heavy (non-hydrogen) atoms. The van der Waals surface area contributed by atoms with Crippen LogP contribution in [-0.2, 0) is 24.9 Å². The van der Waals surface area contributed by atoms with Crippen molar-refractivity contribution in [1.29, 1.82) is 0 Å². The Bertz CT molecular complexity index is 618. The number of fused-ring (bicyclic) bond motifs is 1. The van der Waals surface area contributed by atoms with Crippen molar-refractivity contribution in [2.75, 3.05) is 19.8 Å². The maximum Gasteiger partial charge on any atom is 0.0736 e. The van der Waals surface area contributed by atoms with E-state index in [0.717, 1.165) is 38.8 Å². The van der Waals surface area contributed by atoms with Gasteiger partial charge in [0.15, 0.2) is 0 Å². The zero-order valence-corrected chi connectivity index (χ0v) is 13.9. The van der Waals surface area contributed by atoms with Crippen molar-refractivity contribution in [3.63, 3.8) is 0 Å². The molecule has 2 aromatic rings. The SMILES string of the molecule is Cn1cc2c(n1)[C@H](COCC1CC1)CN(Cc1cccs1)C2. The summed E-state index contributed by atoms with van der Waals surface area (Å²) in [5, 5.41) is 6.85. The van der Waals surface area contributed by atoms with Gasteiger partial charge in [-0.1, -0.05) is 6.07 Å². The first-order valence-electron chi connectivity index (χ1n) is 8.13. The summed E-state index contributed by atoms with van der Waals surface area (Å²) in [6, 6.07) is 4.36. The number of aromatic nitrogens is 2. The number of nitrogens with zero attached hydrogens (tertiary/aromatic N) is 3. The van der Waals surface area contributed by atoms with Crippen LogP contribution >= 0.6 is 11.3 Å². The third-order valence-corrected chi connectivity index (χ3v) is 5.39. The summed E-state index contributed by atoms with van der Waals surface area (Å²) in [7, 11) is 2.02. The summed E-state index contributed by atoms with van der Waals surface area (Å²) in [6.45, 7) is 4.82. The predicted molar refractivity (Wildman–Crippen MR) is 87.9 cm³/mol. The smallest absolute Gasteiger partial charge is 0.0736 e. The zero-order chi connectivity index (χ0) is 14.9. The highest BCUT2D eigenvalue weighted by Gasteiger charge is 2.29. The molecule has 0 N–H and O–H groups in total. The molecule has 0 aromatic carbocycles. The Hall–Kier alpha value is -1.17. The first kappa shape index (κ1) is 14.4. The maximum absolute atomic E-state index is 5.97. The monoisotopic (exact) mass is 317 g/mol. The first-order chi connectivity index (χ1) is 10.8. The van der Waals surface area contributed by atoms with E-state index < -0.39 is 0 Å². The minimum atomic E-state index is 0.406. The number of aryl methyl sites for hydroxylation is 1. The summed E-state index contributed by atoms with van der Waals surface area (Å²) in [4.78, 5) is 3.96. The molecule has 1 saturated carbocycles. The summed E-state index contributed by atoms with van der Waals surface area (Å²) in [5.74, 6) is 1.23. The van der Waals surface area contributed by atoms with Crippen LogP contribution in [-0.4, -0.2) is 34.4 Å². The van der Waals surface area contributed by atoms with E-state index in [4.69, 9.17) is 9.84 Å². The standard InChI is InChI=1S/C17H23N3OS/c1-19-7-14-8-20(10-16-3-2-6-22-16)9-15(17(14)18-19)12-21-11-13-4-5-13/h2-3,6-7,13,15H,4-5,8-12H2,1H3/t15-/m0/s1. The number of thiophene rings is 1.